The summed E-state index contributed by atoms with van der Waals surface area (Å²) < 4.78 is 7.40. The van der Waals surface area contributed by atoms with Crippen LogP contribution in [-0.2, 0) is 16.1 Å². The Kier molecular flexibility index (Phi) is 3.33. The van der Waals surface area contributed by atoms with Crippen LogP contribution in [0.25, 0.3) is 0 Å². The van der Waals surface area contributed by atoms with Crippen LogP contribution in [0.5, 0.6) is 0 Å². The van der Waals surface area contributed by atoms with E-state index in [2.05, 4.69) is 11.0 Å². The average molecular weight is 302 g/mol. The van der Waals surface area contributed by atoms with Crippen LogP contribution in [0.4, 0.5) is 0 Å². The Labute approximate surface area is 129 Å². The van der Waals surface area contributed by atoms with Gasteiger partial charge < -0.3 is 9.30 Å². The van der Waals surface area contributed by atoms with Gasteiger partial charge in [0, 0.05) is 56.7 Å². The highest BCUT2D eigenvalue weighted by Gasteiger charge is 2.44. The van der Waals surface area contributed by atoms with Crippen molar-refractivity contribution in [1.29, 1.82) is 0 Å². The van der Waals surface area contributed by atoms with Gasteiger partial charge in [-0.1, -0.05) is 6.07 Å². The third-order valence-electron chi connectivity index (χ3n) is 5.55. The molecule has 4 rings (SSSR count). The number of hydrogen-bond donors (Lipinski definition) is 0. The Hall–Kier alpha value is -1.62. The summed E-state index contributed by atoms with van der Waals surface area (Å²) in [6.07, 6.45) is 3.03. The second kappa shape index (κ2) is 5.23. The number of pyridine rings is 1. The lowest BCUT2D eigenvalue weighted by Crippen LogP contribution is -2.57. The first-order chi connectivity index (χ1) is 10.6. The van der Waals surface area contributed by atoms with Crippen LogP contribution >= 0.6 is 0 Å². The minimum atomic E-state index is -0.183. The van der Waals surface area contributed by atoms with Crippen molar-refractivity contribution in [3.05, 3.63) is 34.2 Å². The molecule has 5 nitrogen and oxygen atoms in total. The largest absolute Gasteiger partial charge is 0.462 e. The predicted molar refractivity (Wildman–Crippen MR) is 81.7 cm³/mol. The number of hydrogen-bond acceptors (Lipinski definition) is 4. The lowest BCUT2D eigenvalue weighted by Gasteiger charge is -2.51. The van der Waals surface area contributed by atoms with E-state index in [1.807, 2.05) is 10.6 Å². The third kappa shape index (κ3) is 2.28. The average Bonchev–Trinajstić information content (AvgIpc) is 2.49. The van der Waals surface area contributed by atoms with E-state index in [1.165, 1.54) is 12.6 Å². The SMILES string of the molecule is CC(=O)OC1CCN2CC3CC(Cn4c3cccc4=O)C2C1. The summed E-state index contributed by atoms with van der Waals surface area (Å²) in [7, 11) is 0. The van der Waals surface area contributed by atoms with Crippen molar-refractivity contribution in [3.8, 4) is 0 Å². The molecule has 4 atom stereocenters. The zero-order valence-corrected chi connectivity index (χ0v) is 12.9. The molecule has 1 aromatic heterocycles. The fourth-order valence-corrected chi connectivity index (χ4v) is 4.68. The fourth-order valence-electron chi connectivity index (χ4n) is 4.68. The van der Waals surface area contributed by atoms with Gasteiger partial charge in [0.15, 0.2) is 0 Å². The van der Waals surface area contributed by atoms with E-state index in [9.17, 15) is 9.59 Å². The lowest BCUT2D eigenvalue weighted by molar-refractivity contribution is -0.151. The van der Waals surface area contributed by atoms with Crippen LogP contribution in [0.2, 0.25) is 0 Å². The van der Waals surface area contributed by atoms with Crippen molar-refractivity contribution in [2.75, 3.05) is 13.1 Å². The van der Waals surface area contributed by atoms with E-state index >= 15 is 0 Å². The molecule has 2 fully saturated rings. The molecule has 0 radical (unpaired) electrons. The Balaban J connectivity index is 1.60. The van der Waals surface area contributed by atoms with Gasteiger partial charge in [-0.25, -0.2) is 0 Å². The van der Waals surface area contributed by atoms with E-state index in [-0.39, 0.29) is 17.6 Å². The van der Waals surface area contributed by atoms with Gasteiger partial charge in [-0.05, 0) is 24.8 Å². The molecule has 118 valence electrons. The van der Waals surface area contributed by atoms with Crippen molar-refractivity contribution < 1.29 is 9.53 Å². The molecule has 2 bridgehead atoms. The number of carbonyl (C=O) groups excluding carboxylic acids is 1. The Morgan fingerprint density at radius 2 is 2.14 bits per heavy atom. The first kappa shape index (κ1) is 14.0. The molecule has 0 spiro atoms. The summed E-state index contributed by atoms with van der Waals surface area (Å²) in [5.41, 5.74) is 1.32. The number of aromatic nitrogens is 1. The highest BCUT2D eigenvalue weighted by molar-refractivity contribution is 5.66. The molecule has 0 aromatic carbocycles. The zero-order valence-electron chi connectivity index (χ0n) is 12.9. The molecule has 4 heterocycles. The van der Waals surface area contributed by atoms with E-state index in [1.54, 1.807) is 6.07 Å². The maximum atomic E-state index is 12.1. The highest BCUT2D eigenvalue weighted by atomic mass is 16.5. The standard InChI is InChI=1S/C17H22N2O3/c1-11(20)22-14-5-6-18-9-12-7-13(16(18)8-14)10-19-15(12)3-2-4-17(19)21/h2-4,12-14,16H,5-10H2,1H3. The monoisotopic (exact) mass is 302 g/mol. The van der Waals surface area contributed by atoms with Crippen molar-refractivity contribution in [2.45, 2.75) is 50.8 Å². The fraction of sp³-hybridized carbons (Fsp3) is 0.647. The van der Waals surface area contributed by atoms with Crippen LogP contribution in [0.3, 0.4) is 0 Å². The topological polar surface area (TPSA) is 51.5 Å². The van der Waals surface area contributed by atoms with Gasteiger partial charge >= 0.3 is 5.97 Å². The molecule has 0 saturated carbocycles. The number of ether oxygens (including phenoxy) is 1. The molecule has 0 aliphatic carbocycles. The van der Waals surface area contributed by atoms with Crippen molar-refractivity contribution in [2.24, 2.45) is 5.92 Å². The molecule has 3 aliphatic rings. The summed E-state index contributed by atoms with van der Waals surface area (Å²) in [5, 5.41) is 0. The normalized spacial score (nSPS) is 33.7. The van der Waals surface area contributed by atoms with Gasteiger partial charge in [0.1, 0.15) is 6.10 Å². The third-order valence-corrected chi connectivity index (χ3v) is 5.55. The maximum absolute atomic E-state index is 12.1. The molecule has 5 heteroatoms. The zero-order chi connectivity index (χ0) is 15.3. The van der Waals surface area contributed by atoms with Crippen molar-refractivity contribution in [3.63, 3.8) is 0 Å². The van der Waals surface area contributed by atoms with Crippen LogP contribution in [0.15, 0.2) is 23.0 Å². The van der Waals surface area contributed by atoms with E-state index in [4.69, 9.17) is 4.74 Å². The van der Waals surface area contributed by atoms with Crippen LogP contribution < -0.4 is 5.56 Å². The summed E-state index contributed by atoms with van der Waals surface area (Å²) >= 11 is 0. The molecular formula is C17H22N2O3. The number of fused-ring (bicyclic) bond motifs is 6. The van der Waals surface area contributed by atoms with Gasteiger partial charge in [-0.15, -0.1) is 0 Å². The second-order valence-electron chi connectivity index (χ2n) is 6.91. The van der Waals surface area contributed by atoms with Gasteiger partial charge in [0.25, 0.3) is 5.56 Å². The summed E-state index contributed by atoms with van der Waals surface area (Å²) in [6, 6.07) is 6.08. The minimum Gasteiger partial charge on any atom is -0.462 e. The molecule has 0 N–H and O–H groups in total. The quantitative estimate of drug-likeness (QED) is 0.735. The first-order valence-corrected chi connectivity index (χ1v) is 8.23. The van der Waals surface area contributed by atoms with Gasteiger partial charge in [0.05, 0.1) is 0 Å². The Morgan fingerprint density at radius 1 is 1.27 bits per heavy atom. The number of esters is 1. The number of nitrogens with zero attached hydrogens (tertiary/aromatic N) is 2. The predicted octanol–water partition coefficient (Wildman–Crippen LogP) is 1.36. The number of rotatable bonds is 1. The van der Waals surface area contributed by atoms with Crippen molar-refractivity contribution in [1.82, 2.24) is 9.47 Å². The number of piperidine rings is 2. The summed E-state index contributed by atoms with van der Waals surface area (Å²) in [4.78, 5) is 25.9. The minimum absolute atomic E-state index is 0.0455. The van der Waals surface area contributed by atoms with Crippen LogP contribution in [-0.4, -0.2) is 40.7 Å². The van der Waals surface area contributed by atoms with Gasteiger partial charge in [-0.2, -0.15) is 0 Å². The molecular weight excluding hydrogens is 280 g/mol. The second-order valence-corrected chi connectivity index (χ2v) is 6.91. The molecule has 4 unspecified atom stereocenters. The maximum Gasteiger partial charge on any atom is 0.302 e. The Morgan fingerprint density at radius 3 is 2.95 bits per heavy atom. The van der Waals surface area contributed by atoms with Crippen LogP contribution in [0.1, 0.15) is 37.8 Å². The number of carbonyl (C=O) groups is 1. The smallest absolute Gasteiger partial charge is 0.302 e. The molecule has 2 saturated heterocycles. The lowest BCUT2D eigenvalue weighted by atomic mass is 9.75. The van der Waals surface area contributed by atoms with E-state index < -0.39 is 0 Å². The summed E-state index contributed by atoms with van der Waals surface area (Å²) in [5.74, 6) is 0.774. The molecule has 3 aliphatic heterocycles. The van der Waals surface area contributed by atoms with Crippen LogP contribution in [0, 0.1) is 5.92 Å². The first-order valence-electron chi connectivity index (χ1n) is 8.23. The highest BCUT2D eigenvalue weighted by Crippen LogP contribution is 2.41. The molecule has 22 heavy (non-hydrogen) atoms. The summed E-state index contributed by atoms with van der Waals surface area (Å²) in [6.45, 7) is 4.31. The molecule has 1 aromatic rings. The van der Waals surface area contributed by atoms with Gasteiger partial charge in [-0.3, -0.25) is 14.5 Å². The van der Waals surface area contributed by atoms with Crippen molar-refractivity contribution >= 4 is 5.97 Å². The molecule has 0 amide bonds. The van der Waals surface area contributed by atoms with Gasteiger partial charge in [0.2, 0.25) is 0 Å². The van der Waals surface area contributed by atoms with E-state index in [0.29, 0.717) is 17.9 Å². The van der Waals surface area contributed by atoms with E-state index in [0.717, 1.165) is 38.9 Å². The Bertz CT molecular complexity index is 654.